The predicted octanol–water partition coefficient (Wildman–Crippen LogP) is 3.59. The molecule has 0 unspecified atom stereocenters. The molecule has 2 aromatic rings. The van der Waals surface area contributed by atoms with E-state index in [0.29, 0.717) is 4.64 Å². The first-order valence-electron chi connectivity index (χ1n) is 5.46. The molecule has 0 bridgehead atoms. The van der Waals surface area contributed by atoms with E-state index < -0.39 is 0 Å². The Bertz CT molecular complexity index is 563. The summed E-state index contributed by atoms with van der Waals surface area (Å²) in [5.41, 5.74) is 1.93. The van der Waals surface area contributed by atoms with Crippen molar-refractivity contribution in [2.45, 2.75) is 20.0 Å². The Balaban J connectivity index is 2.40. The van der Waals surface area contributed by atoms with Crippen LogP contribution in [0.1, 0.15) is 13.8 Å². The fraction of sp³-hybridized carbons (Fsp3) is 0.231. The smallest absolute Gasteiger partial charge is 0.120 e. The normalized spacial score (nSPS) is 10.5. The minimum absolute atomic E-state index is 0.161. The second kappa shape index (κ2) is 5.10. The molecule has 0 fully saturated rings. The highest BCUT2D eigenvalue weighted by atomic mass is 32.1. The van der Waals surface area contributed by atoms with Crippen LogP contribution in [-0.2, 0) is 0 Å². The van der Waals surface area contributed by atoms with E-state index in [9.17, 15) is 0 Å². The number of benzene rings is 1. The first-order valence-corrected chi connectivity index (χ1v) is 5.87. The van der Waals surface area contributed by atoms with Crippen molar-refractivity contribution in [3.8, 4) is 16.9 Å². The minimum Gasteiger partial charge on any atom is -0.491 e. The number of hydrogen-bond donors (Lipinski definition) is 1. The molecule has 1 aromatic heterocycles. The summed E-state index contributed by atoms with van der Waals surface area (Å²) in [6.07, 6.45) is 3.50. The third-order valence-electron chi connectivity index (χ3n) is 2.24. The standard InChI is InChI=1S/C13H14N2OS/c1-9(2)16-11-5-3-4-10(6-11)12-7-14-8-15-13(12)17/h3-9H,1-2H3,(H,14,15,17). The number of nitrogens with zero attached hydrogens (tertiary/aromatic N) is 1. The summed E-state index contributed by atoms with van der Waals surface area (Å²) in [6.45, 7) is 4.01. The van der Waals surface area contributed by atoms with Gasteiger partial charge in [0.05, 0.1) is 12.4 Å². The van der Waals surface area contributed by atoms with Gasteiger partial charge in [0.15, 0.2) is 0 Å². The van der Waals surface area contributed by atoms with Gasteiger partial charge in [-0.1, -0.05) is 24.4 Å². The Kier molecular flexibility index (Phi) is 3.54. The number of aromatic amines is 1. The number of ether oxygens (including phenoxy) is 1. The van der Waals surface area contributed by atoms with Crippen LogP contribution in [-0.4, -0.2) is 16.1 Å². The van der Waals surface area contributed by atoms with Gasteiger partial charge in [-0.3, -0.25) is 0 Å². The van der Waals surface area contributed by atoms with E-state index >= 15 is 0 Å². The first kappa shape index (κ1) is 11.8. The molecule has 1 heterocycles. The van der Waals surface area contributed by atoms with Crippen molar-refractivity contribution in [3.63, 3.8) is 0 Å². The van der Waals surface area contributed by atoms with Crippen LogP contribution in [0.4, 0.5) is 0 Å². The molecule has 0 saturated carbocycles. The molecule has 17 heavy (non-hydrogen) atoms. The third-order valence-corrected chi connectivity index (χ3v) is 2.57. The van der Waals surface area contributed by atoms with Crippen LogP contribution in [0.15, 0.2) is 36.8 Å². The molecule has 4 heteroatoms. The van der Waals surface area contributed by atoms with Crippen LogP contribution in [0.3, 0.4) is 0 Å². The summed E-state index contributed by atoms with van der Waals surface area (Å²) in [5.74, 6) is 0.843. The van der Waals surface area contributed by atoms with Gasteiger partial charge in [-0.05, 0) is 31.5 Å². The third kappa shape index (κ3) is 2.91. The van der Waals surface area contributed by atoms with Crippen molar-refractivity contribution >= 4 is 12.2 Å². The lowest BCUT2D eigenvalue weighted by Gasteiger charge is -2.10. The molecule has 0 atom stereocenters. The molecule has 0 aliphatic heterocycles. The van der Waals surface area contributed by atoms with Crippen LogP contribution < -0.4 is 4.74 Å². The molecule has 0 radical (unpaired) electrons. The molecule has 2 rings (SSSR count). The van der Waals surface area contributed by atoms with Gasteiger partial charge in [-0.2, -0.15) is 0 Å². The molecular weight excluding hydrogens is 232 g/mol. The molecule has 0 aliphatic carbocycles. The summed E-state index contributed by atoms with van der Waals surface area (Å²) in [7, 11) is 0. The molecule has 0 amide bonds. The zero-order valence-electron chi connectivity index (χ0n) is 9.81. The number of H-pyrrole nitrogens is 1. The molecule has 3 nitrogen and oxygen atoms in total. The van der Waals surface area contributed by atoms with Crippen molar-refractivity contribution in [1.82, 2.24) is 9.97 Å². The molecule has 1 aromatic carbocycles. The summed E-state index contributed by atoms with van der Waals surface area (Å²) in [4.78, 5) is 6.97. The van der Waals surface area contributed by atoms with Crippen molar-refractivity contribution in [2.75, 3.05) is 0 Å². The lowest BCUT2D eigenvalue weighted by atomic mass is 10.1. The van der Waals surface area contributed by atoms with E-state index in [1.54, 1.807) is 12.5 Å². The van der Waals surface area contributed by atoms with E-state index in [1.165, 1.54) is 0 Å². The average Bonchev–Trinajstić information content (AvgIpc) is 2.29. The van der Waals surface area contributed by atoms with E-state index in [0.717, 1.165) is 16.9 Å². The van der Waals surface area contributed by atoms with Gasteiger partial charge in [0.1, 0.15) is 10.4 Å². The van der Waals surface area contributed by atoms with Gasteiger partial charge < -0.3 is 9.72 Å². The fourth-order valence-corrected chi connectivity index (χ4v) is 1.78. The summed E-state index contributed by atoms with van der Waals surface area (Å²) >= 11 is 5.23. The zero-order valence-corrected chi connectivity index (χ0v) is 10.6. The largest absolute Gasteiger partial charge is 0.491 e. The van der Waals surface area contributed by atoms with Crippen LogP contribution in [0, 0.1) is 4.64 Å². The van der Waals surface area contributed by atoms with Crippen molar-refractivity contribution in [3.05, 3.63) is 41.4 Å². The maximum absolute atomic E-state index is 5.65. The summed E-state index contributed by atoms with van der Waals surface area (Å²) < 4.78 is 6.33. The van der Waals surface area contributed by atoms with Gasteiger partial charge in [-0.25, -0.2) is 4.98 Å². The highest BCUT2D eigenvalue weighted by molar-refractivity contribution is 7.71. The summed E-state index contributed by atoms with van der Waals surface area (Å²) in [6, 6.07) is 7.86. The SMILES string of the molecule is CC(C)Oc1cccc(-c2cnc[nH]c2=S)c1. The zero-order chi connectivity index (χ0) is 12.3. The topological polar surface area (TPSA) is 37.9 Å². The number of hydrogen-bond acceptors (Lipinski definition) is 3. The second-order valence-electron chi connectivity index (χ2n) is 3.99. The Labute approximate surface area is 105 Å². The average molecular weight is 246 g/mol. The molecule has 0 spiro atoms. The van der Waals surface area contributed by atoms with Gasteiger partial charge in [0.25, 0.3) is 0 Å². The fourth-order valence-electron chi connectivity index (χ4n) is 1.56. The Morgan fingerprint density at radius 3 is 2.88 bits per heavy atom. The minimum atomic E-state index is 0.161. The van der Waals surface area contributed by atoms with Crippen LogP contribution >= 0.6 is 12.2 Å². The lowest BCUT2D eigenvalue weighted by Crippen LogP contribution is -2.05. The highest BCUT2D eigenvalue weighted by Gasteiger charge is 2.03. The predicted molar refractivity (Wildman–Crippen MR) is 70.6 cm³/mol. The van der Waals surface area contributed by atoms with E-state index in [4.69, 9.17) is 17.0 Å². The van der Waals surface area contributed by atoms with E-state index in [1.807, 2.05) is 38.1 Å². The maximum Gasteiger partial charge on any atom is 0.120 e. The highest BCUT2D eigenvalue weighted by Crippen LogP contribution is 2.24. The van der Waals surface area contributed by atoms with Gasteiger partial charge in [0, 0.05) is 11.8 Å². The van der Waals surface area contributed by atoms with Crippen LogP contribution in [0.5, 0.6) is 5.75 Å². The quantitative estimate of drug-likeness (QED) is 0.841. The van der Waals surface area contributed by atoms with Crippen LogP contribution in [0.2, 0.25) is 0 Å². The van der Waals surface area contributed by atoms with Gasteiger partial charge >= 0.3 is 0 Å². The molecule has 0 aliphatic rings. The van der Waals surface area contributed by atoms with Crippen molar-refractivity contribution in [2.24, 2.45) is 0 Å². The van der Waals surface area contributed by atoms with Crippen molar-refractivity contribution in [1.29, 1.82) is 0 Å². The number of nitrogens with one attached hydrogen (secondary N) is 1. The van der Waals surface area contributed by atoms with Crippen molar-refractivity contribution < 1.29 is 4.74 Å². The molecule has 1 N–H and O–H groups in total. The number of rotatable bonds is 3. The Morgan fingerprint density at radius 1 is 1.35 bits per heavy atom. The van der Waals surface area contributed by atoms with E-state index in [2.05, 4.69) is 9.97 Å². The monoisotopic (exact) mass is 246 g/mol. The van der Waals surface area contributed by atoms with Gasteiger partial charge in [0.2, 0.25) is 0 Å². The van der Waals surface area contributed by atoms with E-state index in [-0.39, 0.29) is 6.10 Å². The Hall–Kier alpha value is -1.68. The number of aromatic nitrogens is 2. The summed E-state index contributed by atoms with van der Waals surface area (Å²) in [5, 5.41) is 0. The molecular formula is C13H14N2OS. The van der Waals surface area contributed by atoms with Gasteiger partial charge in [-0.15, -0.1) is 0 Å². The second-order valence-corrected chi connectivity index (χ2v) is 4.40. The molecule has 0 saturated heterocycles. The lowest BCUT2D eigenvalue weighted by molar-refractivity contribution is 0.242. The Morgan fingerprint density at radius 2 is 2.18 bits per heavy atom. The first-order chi connectivity index (χ1) is 8.16. The maximum atomic E-state index is 5.65. The van der Waals surface area contributed by atoms with Crippen LogP contribution in [0.25, 0.3) is 11.1 Å². The molecule has 88 valence electrons.